The lowest BCUT2D eigenvalue weighted by atomic mass is 9.91. The molecule has 0 spiro atoms. The number of hydrogen-bond acceptors (Lipinski definition) is 3. The van der Waals surface area contributed by atoms with Gasteiger partial charge in [0.1, 0.15) is 5.54 Å². The third kappa shape index (κ3) is 4.19. The monoisotopic (exact) mass is 296 g/mol. The van der Waals surface area contributed by atoms with Crippen LogP contribution in [0.25, 0.3) is 0 Å². The molecule has 2 N–H and O–H groups in total. The fourth-order valence-electron chi connectivity index (χ4n) is 4.14. The minimum Gasteiger partial charge on any atom is -0.480 e. The highest BCUT2D eigenvalue weighted by molar-refractivity contribution is 5.78. The second-order valence-electron chi connectivity index (χ2n) is 7.10. The van der Waals surface area contributed by atoms with E-state index in [-0.39, 0.29) is 0 Å². The number of nitrogens with one attached hydrogen (secondary N) is 1. The number of carboxylic acid groups (broad SMARTS) is 1. The molecule has 1 aliphatic carbocycles. The maximum atomic E-state index is 11.5. The highest BCUT2D eigenvalue weighted by Crippen LogP contribution is 2.36. The molecule has 4 heteroatoms. The second kappa shape index (κ2) is 7.59. The summed E-state index contributed by atoms with van der Waals surface area (Å²) in [5.41, 5.74) is -0.763. The average molecular weight is 296 g/mol. The summed E-state index contributed by atoms with van der Waals surface area (Å²) < 4.78 is 0. The first-order chi connectivity index (χ1) is 10.1. The molecule has 0 radical (unpaired) electrons. The summed E-state index contributed by atoms with van der Waals surface area (Å²) in [5, 5.41) is 12.7. The fourth-order valence-corrected chi connectivity index (χ4v) is 4.14. The number of piperidine rings is 1. The summed E-state index contributed by atoms with van der Waals surface area (Å²) in [6.07, 6.45) is 9.55. The molecule has 2 fully saturated rings. The van der Waals surface area contributed by atoms with Crippen molar-refractivity contribution in [2.24, 2.45) is 5.92 Å². The van der Waals surface area contributed by atoms with E-state index in [1.165, 1.54) is 38.6 Å². The third-order valence-corrected chi connectivity index (χ3v) is 5.47. The van der Waals surface area contributed by atoms with E-state index in [0.29, 0.717) is 0 Å². The van der Waals surface area contributed by atoms with Gasteiger partial charge < -0.3 is 15.3 Å². The lowest BCUT2D eigenvalue weighted by Crippen LogP contribution is -2.50. The van der Waals surface area contributed by atoms with E-state index in [1.54, 1.807) is 0 Å². The van der Waals surface area contributed by atoms with Gasteiger partial charge in [-0.2, -0.15) is 0 Å². The zero-order valence-electron chi connectivity index (χ0n) is 13.7. The van der Waals surface area contributed by atoms with E-state index in [0.717, 1.165) is 44.3 Å². The number of nitrogens with zero attached hydrogens (tertiary/aromatic N) is 1. The molecule has 21 heavy (non-hydrogen) atoms. The summed E-state index contributed by atoms with van der Waals surface area (Å²) in [4.78, 5) is 14.2. The molecule has 1 aliphatic heterocycles. The Hall–Kier alpha value is -0.610. The van der Waals surface area contributed by atoms with Crippen LogP contribution in [-0.2, 0) is 4.79 Å². The van der Waals surface area contributed by atoms with E-state index in [2.05, 4.69) is 17.1 Å². The molecule has 0 aromatic heterocycles. The van der Waals surface area contributed by atoms with Gasteiger partial charge in [0.05, 0.1) is 0 Å². The van der Waals surface area contributed by atoms with E-state index >= 15 is 0 Å². The Kier molecular flexibility index (Phi) is 6.06. The molecule has 4 nitrogen and oxygen atoms in total. The zero-order chi connectivity index (χ0) is 15.3. The van der Waals surface area contributed by atoms with Crippen molar-refractivity contribution in [2.45, 2.75) is 76.8 Å². The van der Waals surface area contributed by atoms with Crippen LogP contribution in [0.2, 0.25) is 0 Å². The Morgan fingerprint density at radius 3 is 2.81 bits per heavy atom. The smallest absolute Gasteiger partial charge is 0.323 e. The number of rotatable bonds is 8. The molecule has 3 unspecified atom stereocenters. The predicted octanol–water partition coefficient (Wildman–Crippen LogP) is 2.87. The van der Waals surface area contributed by atoms with Gasteiger partial charge in [0.25, 0.3) is 0 Å². The topological polar surface area (TPSA) is 52.6 Å². The number of carbonyl (C=O) groups is 1. The molecule has 2 rings (SSSR count). The Morgan fingerprint density at radius 1 is 1.33 bits per heavy atom. The van der Waals surface area contributed by atoms with Crippen molar-refractivity contribution < 1.29 is 9.90 Å². The highest BCUT2D eigenvalue weighted by Gasteiger charge is 2.36. The maximum absolute atomic E-state index is 11.5. The van der Waals surface area contributed by atoms with Crippen molar-refractivity contribution in [2.75, 3.05) is 19.6 Å². The van der Waals surface area contributed by atoms with Gasteiger partial charge in [0.15, 0.2) is 0 Å². The third-order valence-electron chi connectivity index (χ3n) is 5.47. The minimum atomic E-state index is -0.763. The summed E-state index contributed by atoms with van der Waals surface area (Å²) >= 11 is 0. The lowest BCUT2D eigenvalue weighted by Gasteiger charge is -2.38. The van der Waals surface area contributed by atoms with Gasteiger partial charge in [-0.05, 0) is 77.4 Å². The number of aliphatic carboxylic acids is 1. The van der Waals surface area contributed by atoms with Gasteiger partial charge in [-0.1, -0.05) is 13.3 Å². The van der Waals surface area contributed by atoms with Gasteiger partial charge >= 0.3 is 5.97 Å². The molecule has 1 saturated heterocycles. The van der Waals surface area contributed by atoms with E-state index in [9.17, 15) is 9.90 Å². The molecule has 1 heterocycles. The van der Waals surface area contributed by atoms with Crippen molar-refractivity contribution in [3.8, 4) is 0 Å². The van der Waals surface area contributed by atoms with Crippen LogP contribution in [0.15, 0.2) is 0 Å². The standard InChI is InChI=1S/C17H32N2O2/c1-3-11-18-17(2,16(20)21)10-6-13-19-12-5-8-14-7-4-9-15(14)19/h14-15,18H,3-13H2,1-2H3,(H,20,21). The predicted molar refractivity (Wildman–Crippen MR) is 85.5 cm³/mol. The molecule has 1 saturated carbocycles. The number of fused-ring (bicyclic) bond motifs is 1. The molecule has 0 bridgehead atoms. The Balaban J connectivity index is 1.80. The molecule has 122 valence electrons. The Morgan fingerprint density at radius 2 is 2.10 bits per heavy atom. The maximum Gasteiger partial charge on any atom is 0.323 e. The quantitative estimate of drug-likeness (QED) is 0.723. The van der Waals surface area contributed by atoms with Gasteiger partial charge in [-0.25, -0.2) is 0 Å². The Labute approximate surface area is 129 Å². The SMILES string of the molecule is CCCNC(C)(CCCN1CCCC2CCCC21)C(=O)O. The van der Waals surface area contributed by atoms with Crippen LogP contribution in [-0.4, -0.2) is 47.2 Å². The van der Waals surface area contributed by atoms with Gasteiger partial charge in [0, 0.05) is 6.04 Å². The normalized spacial score (nSPS) is 29.0. The first-order valence-corrected chi connectivity index (χ1v) is 8.79. The van der Waals surface area contributed by atoms with Crippen LogP contribution in [0.5, 0.6) is 0 Å². The molecule has 2 aliphatic rings. The first-order valence-electron chi connectivity index (χ1n) is 8.79. The first kappa shape index (κ1) is 16.8. The second-order valence-corrected chi connectivity index (χ2v) is 7.10. The van der Waals surface area contributed by atoms with Crippen LogP contribution in [0.1, 0.15) is 65.2 Å². The van der Waals surface area contributed by atoms with Gasteiger partial charge in [0.2, 0.25) is 0 Å². The fraction of sp³-hybridized carbons (Fsp3) is 0.941. The van der Waals surface area contributed by atoms with Crippen LogP contribution >= 0.6 is 0 Å². The van der Waals surface area contributed by atoms with Crippen LogP contribution < -0.4 is 5.32 Å². The zero-order valence-corrected chi connectivity index (χ0v) is 13.7. The van der Waals surface area contributed by atoms with E-state index in [1.807, 2.05) is 6.92 Å². The van der Waals surface area contributed by atoms with Gasteiger partial charge in [-0.3, -0.25) is 4.79 Å². The number of likely N-dealkylation sites (tertiary alicyclic amines) is 1. The van der Waals surface area contributed by atoms with Crippen molar-refractivity contribution in [1.29, 1.82) is 0 Å². The average Bonchev–Trinajstić information content (AvgIpc) is 2.94. The summed E-state index contributed by atoms with van der Waals surface area (Å²) in [5.74, 6) is 0.205. The van der Waals surface area contributed by atoms with Crippen molar-refractivity contribution in [3.05, 3.63) is 0 Å². The van der Waals surface area contributed by atoms with Crippen LogP contribution in [0.4, 0.5) is 0 Å². The highest BCUT2D eigenvalue weighted by atomic mass is 16.4. The minimum absolute atomic E-state index is 0.715. The van der Waals surface area contributed by atoms with Crippen molar-refractivity contribution in [1.82, 2.24) is 10.2 Å². The molecule has 0 amide bonds. The molecular weight excluding hydrogens is 264 g/mol. The molecule has 0 aromatic rings. The largest absolute Gasteiger partial charge is 0.480 e. The van der Waals surface area contributed by atoms with Gasteiger partial charge in [-0.15, -0.1) is 0 Å². The number of carboxylic acids is 1. The lowest BCUT2D eigenvalue weighted by molar-refractivity contribution is -0.144. The Bertz CT molecular complexity index is 348. The summed E-state index contributed by atoms with van der Waals surface area (Å²) in [6, 6.07) is 0.790. The van der Waals surface area contributed by atoms with Crippen molar-refractivity contribution in [3.63, 3.8) is 0 Å². The molecule has 3 atom stereocenters. The molecule has 0 aromatic carbocycles. The van der Waals surface area contributed by atoms with E-state index in [4.69, 9.17) is 0 Å². The van der Waals surface area contributed by atoms with E-state index < -0.39 is 11.5 Å². The molecular formula is C17H32N2O2. The number of hydrogen-bond donors (Lipinski definition) is 2. The van der Waals surface area contributed by atoms with Crippen LogP contribution in [0.3, 0.4) is 0 Å². The summed E-state index contributed by atoms with van der Waals surface area (Å²) in [7, 11) is 0. The summed E-state index contributed by atoms with van der Waals surface area (Å²) in [6.45, 7) is 6.96. The van der Waals surface area contributed by atoms with Crippen LogP contribution in [0, 0.1) is 5.92 Å². The van der Waals surface area contributed by atoms with Crippen molar-refractivity contribution >= 4 is 5.97 Å².